The van der Waals surface area contributed by atoms with Gasteiger partial charge in [0.15, 0.2) is 0 Å². The lowest BCUT2D eigenvalue weighted by Crippen LogP contribution is -2.15. The molecular formula is C26H31FN2O3. The molecule has 2 aromatic rings. The average molecular weight is 439 g/mol. The number of carbonyl (C=O) groups excluding carboxylic acids is 2. The molecule has 0 saturated heterocycles. The minimum absolute atomic E-state index is 0.0955. The number of carbonyl (C=O) groups is 2. The molecule has 2 rings (SSSR count). The van der Waals surface area contributed by atoms with Crippen molar-refractivity contribution in [2.24, 2.45) is 4.99 Å². The maximum Gasteiger partial charge on any atom is 0.342 e. The zero-order valence-corrected chi connectivity index (χ0v) is 19.6. The molecule has 0 aliphatic carbocycles. The highest BCUT2D eigenvalue weighted by Gasteiger charge is 2.24. The van der Waals surface area contributed by atoms with E-state index >= 15 is 0 Å². The molecule has 2 aromatic carbocycles. The molecule has 0 aliphatic rings. The summed E-state index contributed by atoms with van der Waals surface area (Å²) in [6.45, 7) is 9.38. The lowest BCUT2D eigenvalue weighted by molar-refractivity contribution is -0.114. The number of nitrogens with one attached hydrogen (secondary N) is 1. The largest absolute Gasteiger partial charge is 0.465 e. The molecule has 1 unspecified atom stereocenters. The maximum atomic E-state index is 15.0. The van der Waals surface area contributed by atoms with E-state index in [9.17, 15) is 14.0 Å². The molecule has 0 fully saturated rings. The topological polar surface area (TPSA) is 67.8 Å². The number of aliphatic imine (C=N–C) groups is 1. The molecule has 6 heteroatoms. The zero-order chi connectivity index (χ0) is 23.8. The van der Waals surface area contributed by atoms with Crippen molar-refractivity contribution in [1.82, 2.24) is 0 Å². The SMILES string of the molecule is C/C=C(\N=CCC)C(Cc1cc(F)c(C(=O)OC)c(NC(C)=O)c1)c1cccc(C)c1C. The van der Waals surface area contributed by atoms with E-state index in [1.54, 1.807) is 6.07 Å². The highest BCUT2D eigenvalue weighted by atomic mass is 19.1. The molecule has 32 heavy (non-hydrogen) atoms. The summed E-state index contributed by atoms with van der Waals surface area (Å²) >= 11 is 0. The van der Waals surface area contributed by atoms with E-state index in [0.29, 0.717) is 12.0 Å². The Balaban J connectivity index is 2.63. The third-order valence-electron chi connectivity index (χ3n) is 5.39. The highest BCUT2D eigenvalue weighted by Crippen LogP contribution is 2.34. The number of amides is 1. The minimum Gasteiger partial charge on any atom is -0.465 e. The molecular weight excluding hydrogens is 407 g/mol. The molecule has 0 aliphatic heterocycles. The fraction of sp³-hybridized carbons (Fsp3) is 0.346. The van der Waals surface area contributed by atoms with Crippen LogP contribution in [0.5, 0.6) is 0 Å². The first-order valence-corrected chi connectivity index (χ1v) is 10.7. The van der Waals surface area contributed by atoms with Gasteiger partial charge in [0, 0.05) is 24.8 Å². The maximum absolute atomic E-state index is 15.0. The van der Waals surface area contributed by atoms with Gasteiger partial charge in [-0.05, 0) is 68.0 Å². The fourth-order valence-corrected chi connectivity index (χ4v) is 3.70. The monoisotopic (exact) mass is 438 g/mol. The van der Waals surface area contributed by atoms with Gasteiger partial charge in [-0.3, -0.25) is 9.79 Å². The zero-order valence-electron chi connectivity index (χ0n) is 19.6. The summed E-state index contributed by atoms with van der Waals surface area (Å²) in [5.41, 5.74) is 4.73. The van der Waals surface area contributed by atoms with E-state index in [-0.39, 0.29) is 17.2 Å². The Morgan fingerprint density at radius 3 is 2.56 bits per heavy atom. The van der Waals surface area contributed by atoms with E-state index in [2.05, 4.69) is 36.3 Å². The second-order valence-corrected chi connectivity index (χ2v) is 7.65. The van der Waals surface area contributed by atoms with Crippen LogP contribution in [0.25, 0.3) is 0 Å². The number of aryl methyl sites for hydroxylation is 1. The number of nitrogens with zero attached hydrogens (tertiary/aromatic N) is 1. The van der Waals surface area contributed by atoms with Crippen molar-refractivity contribution in [1.29, 1.82) is 0 Å². The standard InChI is InChI=1S/C26H31FN2O3/c1-7-12-28-23(8-2)21(20-11-9-10-16(3)17(20)4)13-19-14-22(27)25(26(31)32-6)24(15-19)29-18(5)30/h8-12,14-15,21H,7,13H2,1-6H3,(H,29,30)/b23-8-,28-12?. The lowest BCUT2D eigenvalue weighted by atomic mass is 9.85. The predicted octanol–water partition coefficient (Wildman–Crippen LogP) is 5.90. The van der Waals surface area contributed by atoms with Crippen molar-refractivity contribution in [2.45, 2.75) is 53.4 Å². The minimum atomic E-state index is -0.842. The van der Waals surface area contributed by atoms with Crippen molar-refractivity contribution >= 4 is 23.8 Å². The third kappa shape index (κ3) is 5.90. The van der Waals surface area contributed by atoms with Crippen LogP contribution in [0.15, 0.2) is 47.1 Å². The van der Waals surface area contributed by atoms with Crippen molar-refractivity contribution < 1.29 is 18.7 Å². The van der Waals surface area contributed by atoms with Gasteiger partial charge in [-0.15, -0.1) is 0 Å². The number of benzene rings is 2. The van der Waals surface area contributed by atoms with Crippen LogP contribution < -0.4 is 5.32 Å². The second-order valence-electron chi connectivity index (χ2n) is 7.65. The van der Waals surface area contributed by atoms with Gasteiger partial charge in [0.25, 0.3) is 0 Å². The number of allylic oxidation sites excluding steroid dienone is 2. The smallest absolute Gasteiger partial charge is 0.342 e. The Morgan fingerprint density at radius 2 is 1.97 bits per heavy atom. The van der Waals surface area contributed by atoms with E-state index in [0.717, 1.165) is 28.8 Å². The van der Waals surface area contributed by atoms with Gasteiger partial charge >= 0.3 is 5.97 Å². The number of halogens is 1. The average Bonchev–Trinajstić information content (AvgIpc) is 2.74. The van der Waals surface area contributed by atoms with Gasteiger partial charge < -0.3 is 10.1 Å². The van der Waals surface area contributed by atoms with Gasteiger partial charge in [0.05, 0.1) is 12.8 Å². The Bertz CT molecular complexity index is 1060. The first-order valence-electron chi connectivity index (χ1n) is 10.7. The molecule has 1 amide bonds. The summed E-state index contributed by atoms with van der Waals surface area (Å²) in [7, 11) is 1.17. The molecule has 1 N–H and O–H groups in total. The third-order valence-corrected chi connectivity index (χ3v) is 5.39. The Hall–Kier alpha value is -3.28. The van der Waals surface area contributed by atoms with Gasteiger partial charge in [0.2, 0.25) is 5.91 Å². The first-order chi connectivity index (χ1) is 15.2. The summed E-state index contributed by atoms with van der Waals surface area (Å²) < 4.78 is 19.7. The molecule has 0 bridgehead atoms. The van der Waals surface area contributed by atoms with Gasteiger partial charge in [0.1, 0.15) is 11.4 Å². The molecule has 1 atom stereocenters. The van der Waals surface area contributed by atoms with Crippen LogP contribution in [-0.2, 0) is 16.0 Å². The van der Waals surface area contributed by atoms with Crippen LogP contribution in [0.4, 0.5) is 10.1 Å². The van der Waals surface area contributed by atoms with Crippen molar-refractivity contribution in [3.05, 3.63) is 75.7 Å². The Kier molecular flexibility index (Phi) is 8.88. The first kappa shape index (κ1) is 25.0. The van der Waals surface area contributed by atoms with E-state index < -0.39 is 17.7 Å². The summed E-state index contributed by atoms with van der Waals surface area (Å²) in [6.07, 6.45) is 5.06. The summed E-state index contributed by atoms with van der Waals surface area (Å²) in [4.78, 5) is 28.4. The number of hydrogen-bond acceptors (Lipinski definition) is 4. The van der Waals surface area contributed by atoms with E-state index in [1.807, 2.05) is 32.2 Å². The molecule has 170 valence electrons. The number of ether oxygens (including phenoxy) is 1. The summed E-state index contributed by atoms with van der Waals surface area (Å²) in [6, 6.07) is 9.08. The van der Waals surface area contributed by atoms with E-state index in [1.165, 1.54) is 20.1 Å². The Morgan fingerprint density at radius 1 is 1.25 bits per heavy atom. The van der Waals surface area contributed by atoms with Crippen LogP contribution in [0.2, 0.25) is 0 Å². The second kappa shape index (κ2) is 11.4. The molecule has 0 saturated carbocycles. The van der Waals surface area contributed by atoms with Crippen molar-refractivity contribution in [3.63, 3.8) is 0 Å². The number of anilines is 1. The molecule has 0 aromatic heterocycles. The number of esters is 1. The number of hydrogen-bond donors (Lipinski definition) is 1. The van der Waals surface area contributed by atoms with Gasteiger partial charge in [-0.1, -0.05) is 31.2 Å². The van der Waals surface area contributed by atoms with Crippen LogP contribution in [0.3, 0.4) is 0 Å². The van der Waals surface area contributed by atoms with Crippen LogP contribution >= 0.6 is 0 Å². The van der Waals surface area contributed by atoms with Crippen molar-refractivity contribution in [2.75, 3.05) is 12.4 Å². The highest BCUT2D eigenvalue weighted by molar-refractivity contribution is 6.01. The quantitative estimate of drug-likeness (QED) is 0.412. The van der Waals surface area contributed by atoms with E-state index in [4.69, 9.17) is 4.74 Å². The van der Waals surface area contributed by atoms with Crippen LogP contribution in [0.1, 0.15) is 65.7 Å². The lowest BCUT2D eigenvalue weighted by Gasteiger charge is -2.22. The molecule has 5 nitrogen and oxygen atoms in total. The van der Waals surface area contributed by atoms with Crippen LogP contribution in [-0.4, -0.2) is 25.2 Å². The number of rotatable bonds is 8. The molecule has 0 heterocycles. The van der Waals surface area contributed by atoms with Gasteiger partial charge in [-0.25, -0.2) is 9.18 Å². The summed E-state index contributed by atoms with van der Waals surface area (Å²) in [5.74, 6) is -2.11. The van der Waals surface area contributed by atoms with Gasteiger partial charge in [-0.2, -0.15) is 0 Å². The predicted molar refractivity (Wildman–Crippen MR) is 127 cm³/mol. The fourth-order valence-electron chi connectivity index (χ4n) is 3.70. The Labute approximate surface area is 189 Å². The summed E-state index contributed by atoms with van der Waals surface area (Å²) in [5, 5.41) is 2.56. The normalized spacial score (nSPS) is 12.7. The van der Waals surface area contributed by atoms with Crippen LogP contribution in [0, 0.1) is 19.7 Å². The van der Waals surface area contributed by atoms with Crippen molar-refractivity contribution in [3.8, 4) is 0 Å². The molecule has 0 radical (unpaired) electrons. The molecule has 0 spiro atoms. The number of methoxy groups -OCH3 is 1.